The summed E-state index contributed by atoms with van der Waals surface area (Å²) < 4.78 is 2.25. The lowest BCUT2D eigenvalue weighted by molar-refractivity contribution is 0.849. The molecule has 0 aliphatic rings. The molecule has 2 nitrogen and oxygen atoms in total. The second-order valence-corrected chi connectivity index (χ2v) is 4.44. The molecule has 3 rings (SSSR count). The van der Waals surface area contributed by atoms with Gasteiger partial charge in [-0.05, 0) is 17.5 Å². The zero-order valence-corrected chi connectivity index (χ0v) is 8.95. The molecule has 1 aromatic carbocycles. The highest BCUT2D eigenvalue weighted by Gasteiger charge is 2.01. The van der Waals surface area contributed by atoms with E-state index in [2.05, 4.69) is 46.1 Å². The van der Waals surface area contributed by atoms with Gasteiger partial charge in [-0.25, -0.2) is 0 Å². The number of rotatable bonds is 2. The minimum atomic E-state index is 0.915. The number of thiazole rings is 1. The molecular weight excluding hydrogens is 204 g/mol. The first kappa shape index (κ1) is 8.68. The Morgan fingerprint density at radius 3 is 3.00 bits per heavy atom. The van der Waals surface area contributed by atoms with Crippen LogP contribution in [0.1, 0.15) is 4.88 Å². The summed E-state index contributed by atoms with van der Waals surface area (Å²) in [6, 6.07) is 10.6. The SMILES string of the molecule is c1ccc2c(c1)ccn2Cc1cncs1. The van der Waals surface area contributed by atoms with Crippen LogP contribution in [0.2, 0.25) is 0 Å². The van der Waals surface area contributed by atoms with Gasteiger partial charge in [0.05, 0.1) is 12.1 Å². The Hall–Kier alpha value is -1.61. The highest BCUT2D eigenvalue weighted by molar-refractivity contribution is 7.09. The third-order valence-electron chi connectivity index (χ3n) is 2.49. The van der Waals surface area contributed by atoms with Crippen LogP contribution in [-0.2, 0) is 6.54 Å². The van der Waals surface area contributed by atoms with Gasteiger partial charge in [-0.15, -0.1) is 11.3 Å². The first-order valence-corrected chi connectivity index (χ1v) is 5.73. The van der Waals surface area contributed by atoms with Crippen LogP contribution in [0.15, 0.2) is 48.2 Å². The van der Waals surface area contributed by atoms with Crippen LogP contribution >= 0.6 is 11.3 Å². The molecule has 15 heavy (non-hydrogen) atoms. The second kappa shape index (κ2) is 3.51. The molecular formula is C12H10N2S. The van der Waals surface area contributed by atoms with Gasteiger partial charge in [0.25, 0.3) is 0 Å². The molecule has 74 valence electrons. The maximum atomic E-state index is 4.09. The van der Waals surface area contributed by atoms with Crippen molar-refractivity contribution in [3.63, 3.8) is 0 Å². The van der Waals surface area contributed by atoms with E-state index in [1.807, 2.05) is 11.7 Å². The summed E-state index contributed by atoms with van der Waals surface area (Å²) in [5.41, 5.74) is 3.16. The number of nitrogens with zero attached hydrogens (tertiary/aromatic N) is 2. The monoisotopic (exact) mass is 214 g/mol. The third-order valence-corrected chi connectivity index (χ3v) is 3.25. The van der Waals surface area contributed by atoms with Crippen molar-refractivity contribution in [1.29, 1.82) is 0 Å². The smallest absolute Gasteiger partial charge is 0.0794 e. The van der Waals surface area contributed by atoms with E-state index in [4.69, 9.17) is 0 Å². The van der Waals surface area contributed by atoms with Crippen molar-refractivity contribution in [3.05, 3.63) is 53.1 Å². The van der Waals surface area contributed by atoms with Crippen LogP contribution in [0, 0.1) is 0 Å². The molecule has 0 N–H and O–H groups in total. The van der Waals surface area contributed by atoms with Crippen LogP contribution < -0.4 is 0 Å². The van der Waals surface area contributed by atoms with E-state index in [9.17, 15) is 0 Å². The number of hydrogen-bond donors (Lipinski definition) is 0. The van der Waals surface area contributed by atoms with Crippen molar-refractivity contribution in [2.75, 3.05) is 0 Å². The molecule has 0 amide bonds. The molecule has 0 atom stereocenters. The maximum absolute atomic E-state index is 4.09. The zero-order chi connectivity index (χ0) is 10.1. The topological polar surface area (TPSA) is 17.8 Å². The van der Waals surface area contributed by atoms with Gasteiger partial charge in [-0.1, -0.05) is 18.2 Å². The summed E-state index contributed by atoms with van der Waals surface area (Å²) >= 11 is 1.70. The van der Waals surface area contributed by atoms with E-state index in [1.165, 1.54) is 15.8 Å². The largest absolute Gasteiger partial charge is 0.342 e. The standard InChI is InChI=1S/C12H10N2S/c1-2-4-12-10(3-1)5-6-14(12)8-11-7-13-9-15-11/h1-7,9H,8H2. The molecule has 0 aliphatic carbocycles. The molecule has 0 saturated carbocycles. The predicted molar refractivity (Wildman–Crippen MR) is 63.2 cm³/mol. The molecule has 2 heterocycles. The predicted octanol–water partition coefficient (Wildman–Crippen LogP) is 3.15. The first-order valence-electron chi connectivity index (χ1n) is 4.85. The average Bonchev–Trinajstić information content (AvgIpc) is 2.89. The van der Waals surface area contributed by atoms with E-state index in [1.54, 1.807) is 11.3 Å². The molecule has 0 saturated heterocycles. The van der Waals surface area contributed by atoms with Crippen molar-refractivity contribution in [1.82, 2.24) is 9.55 Å². The minimum absolute atomic E-state index is 0.915. The summed E-state index contributed by atoms with van der Waals surface area (Å²) in [6.45, 7) is 0.915. The quantitative estimate of drug-likeness (QED) is 0.640. The second-order valence-electron chi connectivity index (χ2n) is 3.47. The van der Waals surface area contributed by atoms with Crippen LogP contribution in [-0.4, -0.2) is 9.55 Å². The molecule has 0 bridgehead atoms. The van der Waals surface area contributed by atoms with E-state index in [0.717, 1.165) is 6.54 Å². The van der Waals surface area contributed by atoms with Crippen LogP contribution in [0.25, 0.3) is 10.9 Å². The number of fused-ring (bicyclic) bond motifs is 1. The summed E-state index contributed by atoms with van der Waals surface area (Å²) in [4.78, 5) is 5.38. The van der Waals surface area contributed by atoms with Crippen molar-refractivity contribution < 1.29 is 0 Å². The Morgan fingerprint density at radius 1 is 1.20 bits per heavy atom. The fourth-order valence-corrected chi connectivity index (χ4v) is 2.36. The Balaban J connectivity index is 2.05. The maximum Gasteiger partial charge on any atom is 0.0794 e. The van der Waals surface area contributed by atoms with E-state index in [0.29, 0.717) is 0 Å². The number of hydrogen-bond acceptors (Lipinski definition) is 2. The molecule has 3 heteroatoms. The molecule has 0 aliphatic heterocycles. The van der Waals surface area contributed by atoms with Gasteiger partial charge >= 0.3 is 0 Å². The van der Waals surface area contributed by atoms with E-state index in [-0.39, 0.29) is 0 Å². The Labute approximate surface area is 91.8 Å². The molecule has 3 aromatic rings. The first-order chi connectivity index (χ1) is 7.43. The number of benzene rings is 1. The van der Waals surface area contributed by atoms with Crippen molar-refractivity contribution >= 4 is 22.2 Å². The van der Waals surface area contributed by atoms with Crippen molar-refractivity contribution in [3.8, 4) is 0 Å². The Bertz CT molecular complexity index is 566. The van der Waals surface area contributed by atoms with Gasteiger partial charge in [-0.3, -0.25) is 4.98 Å². The van der Waals surface area contributed by atoms with E-state index < -0.39 is 0 Å². The number of para-hydroxylation sites is 1. The van der Waals surface area contributed by atoms with Gasteiger partial charge in [0.15, 0.2) is 0 Å². The van der Waals surface area contributed by atoms with E-state index >= 15 is 0 Å². The Kier molecular flexibility index (Phi) is 2.03. The van der Waals surface area contributed by atoms with Crippen LogP contribution in [0.3, 0.4) is 0 Å². The average molecular weight is 214 g/mol. The van der Waals surface area contributed by atoms with Crippen LogP contribution in [0.4, 0.5) is 0 Å². The normalized spacial score (nSPS) is 10.9. The highest BCUT2D eigenvalue weighted by Crippen LogP contribution is 2.17. The fraction of sp³-hybridized carbons (Fsp3) is 0.0833. The Morgan fingerprint density at radius 2 is 2.13 bits per heavy atom. The van der Waals surface area contributed by atoms with Gasteiger partial charge in [0.1, 0.15) is 0 Å². The zero-order valence-electron chi connectivity index (χ0n) is 8.13. The van der Waals surface area contributed by atoms with Crippen molar-refractivity contribution in [2.45, 2.75) is 6.54 Å². The summed E-state index contributed by atoms with van der Waals surface area (Å²) in [5.74, 6) is 0. The van der Waals surface area contributed by atoms with Crippen molar-refractivity contribution in [2.24, 2.45) is 0 Å². The highest BCUT2D eigenvalue weighted by atomic mass is 32.1. The lowest BCUT2D eigenvalue weighted by atomic mass is 10.2. The minimum Gasteiger partial charge on any atom is -0.342 e. The summed E-state index contributed by atoms with van der Waals surface area (Å²) in [7, 11) is 0. The third kappa shape index (κ3) is 1.55. The van der Waals surface area contributed by atoms with Gasteiger partial charge < -0.3 is 4.57 Å². The van der Waals surface area contributed by atoms with Crippen LogP contribution in [0.5, 0.6) is 0 Å². The molecule has 0 unspecified atom stereocenters. The fourth-order valence-electron chi connectivity index (χ4n) is 1.77. The van der Waals surface area contributed by atoms with Gasteiger partial charge in [0.2, 0.25) is 0 Å². The van der Waals surface area contributed by atoms with Gasteiger partial charge in [0, 0.05) is 22.8 Å². The molecule has 2 aromatic heterocycles. The summed E-state index contributed by atoms with van der Waals surface area (Å²) in [5, 5.41) is 1.29. The lowest BCUT2D eigenvalue weighted by Crippen LogP contribution is -1.94. The molecule has 0 spiro atoms. The molecule has 0 fully saturated rings. The van der Waals surface area contributed by atoms with Gasteiger partial charge in [-0.2, -0.15) is 0 Å². The number of aromatic nitrogens is 2. The summed E-state index contributed by atoms with van der Waals surface area (Å²) in [6.07, 6.45) is 4.06. The molecule has 0 radical (unpaired) electrons. The lowest BCUT2D eigenvalue weighted by Gasteiger charge is -2.02.